The van der Waals surface area contributed by atoms with Gasteiger partial charge in [-0.15, -0.1) is 11.8 Å². The van der Waals surface area contributed by atoms with Gasteiger partial charge in [-0.2, -0.15) is 0 Å². The van der Waals surface area contributed by atoms with Crippen molar-refractivity contribution in [1.29, 1.82) is 0 Å². The van der Waals surface area contributed by atoms with Crippen LogP contribution in [0.25, 0.3) is 6.08 Å². The molecular weight excluding hydrogens is 314 g/mol. The predicted octanol–water partition coefficient (Wildman–Crippen LogP) is 5.29. The molecule has 1 heterocycles. The highest BCUT2D eigenvalue weighted by molar-refractivity contribution is 7.98. The number of carbonyl (C=O) groups is 1. The Morgan fingerprint density at radius 1 is 0.958 bits per heavy atom. The molecule has 24 heavy (non-hydrogen) atoms. The summed E-state index contributed by atoms with van der Waals surface area (Å²) in [5, 5.41) is 0. The van der Waals surface area contributed by atoms with Crippen LogP contribution in [0, 0.1) is 0 Å². The highest BCUT2D eigenvalue weighted by Crippen LogP contribution is 2.21. The van der Waals surface area contributed by atoms with Crippen molar-refractivity contribution in [2.45, 2.75) is 24.2 Å². The molecule has 0 aliphatic carbocycles. The molecule has 3 rings (SSSR count). The van der Waals surface area contributed by atoms with E-state index in [2.05, 4.69) is 29.2 Å². The minimum absolute atomic E-state index is 0.0442. The Morgan fingerprint density at radius 2 is 1.62 bits per heavy atom. The summed E-state index contributed by atoms with van der Waals surface area (Å²) in [6.07, 6.45) is 9.49. The molecule has 1 fully saturated rings. The van der Waals surface area contributed by atoms with Crippen LogP contribution in [-0.2, 0) is 0 Å². The summed E-state index contributed by atoms with van der Waals surface area (Å²) < 4.78 is 0. The van der Waals surface area contributed by atoms with E-state index in [1.165, 1.54) is 29.8 Å². The molecule has 0 aromatic heterocycles. The van der Waals surface area contributed by atoms with Crippen molar-refractivity contribution in [3.8, 4) is 0 Å². The van der Waals surface area contributed by atoms with Crippen molar-refractivity contribution < 1.29 is 4.79 Å². The van der Waals surface area contributed by atoms with Crippen LogP contribution in [0.4, 0.5) is 5.69 Å². The first-order chi connectivity index (χ1) is 11.8. The number of nitrogens with zero attached hydrogens (tertiary/aromatic N) is 1. The fourth-order valence-corrected chi connectivity index (χ4v) is 3.38. The molecule has 1 aliphatic rings. The van der Waals surface area contributed by atoms with E-state index in [0.29, 0.717) is 0 Å². The summed E-state index contributed by atoms with van der Waals surface area (Å²) >= 11 is 1.68. The molecule has 0 bridgehead atoms. The van der Waals surface area contributed by atoms with E-state index >= 15 is 0 Å². The summed E-state index contributed by atoms with van der Waals surface area (Å²) in [6.45, 7) is 2.30. The molecule has 0 spiro atoms. The molecule has 1 aliphatic heterocycles. The Hall–Kier alpha value is -2.00. The normalized spacial score (nSPS) is 15.0. The number of rotatable bonds is 5. The first kappa shape index (κ1) is 16.8. The molecule has 2 nitrogen and oxygen atoms in total. The molecular formula is C21H23NOS. The number of carbonyl (C=O) groups excluding carboxylic acids is 1. The summed E-state index contributed by atoms with van der Waals surface area (Å²) in [7, 11) is 0. The van der Waals surface area contributed by atoms with E-state index in [1.807, 2.05) is 36.6 Å². The maximum Gasteiger partial charge on any atom is 0.185 e. The maximum atomic E-state index is 12.2. The van der Waals surface area contributed by atoms with Gasteiger partial charge in [-0.3, -0.25) is 4.79 Å². The highest BCUT2D eigenvalue weighted by Gasteiger charge is 2.10. The molecule has 1 saturated heterocycles. The van der Waals surface area contributed by atoms with Crippen LogP contribution < -0.4 is 4.90 Å². The van der Waals surface area contributed by atoms with Crippen molar-refractivity contribution >= 4 is 29.3 Å². The monoisotopic (exact) mass is 337 g/mol. The molecule has 0 N–H and O–H groups in total. The zero-order valence-corrected chi connectivity index (χ0v) is 14.9. The van der Waals surface area contributed by atoms with Crippen molar-refractivity contribution in [3.05, 3.63) is 65.7 Å². The van der Waals surface area contributed by atoms with Gasteiger partial charge in [0.15, 0.2) is 5.78 Å². The Labute approximate surface area is 148 Å². The fourth-order valence-electron chi connectivity index (χ4n) is 2.97. The highest BCUT2D eigenvalue weighted by atomic mass is 32.2. The Morgan fingerprint density at radius 3 is 2.25 bits per heavy atom. The third kappa shape index (κ3) is 4.30. The molecule has 0 radical (unpaired) electrons. The summed E-state index contributed by atoms with van der Waals surface area (Å²) in [5.74, 6) is 0.0442. The second-order valence-corrected chi connectivity index (χ2v) is 6.94. The molecule has 3 heteroatoms. The average Bonchev–Trinajstić information content (AvgIpc) is 2.67. The molecule has 0 unspecified atom stereocenters. The van der Waals surface area contributed by atoms with E-state index in [4.69, 9.17) is 0 Å². The number of ketones is 1. The number of anilines is 1. The Bertz CT molecular complexity index is 698. The number of benzene rings is 2. The number of allylic oxidation sites excluding steroid dienone is 1. The second kappa shape index (κ2) is 8.20. The topological polar surface area (TPSA) is 20.3 Å². The maximum absolute atomic E-state index is 12.2. The number of thioether (sulfide) groups is 1. The zero-order chi connectivity index (χ0) is 16.8. The van der Waals surface area contributed by atoms with E-state index in [9.17, 15) is 4.79 Å². The van der Waals surface area contributed by atoms with Crippen LogP contribution in [0.2, 0.25) is 0 Å². The summed E-state index contributed by atoms with van der Waals surface area (Å²) in [5.41, 5.74) is 3.07. The lowest BCUT2D eigenvalue weighted by atomic mass is 10.1. The van der Waals surface area contributed by atoms with Crippen LogP contribution in [0.5, 0.6) is 0 Å². The quantitative estimate of drug-likeness (QED) is 0.420. The average molecular weight is 337 g/mol. The molecule has 0 amide bonds. The van der Waals surface area contributed by atoms with E-state index in [1.54, 1.807) is 17.8 Å². The second-order valence-electron chi connectivity index (χ2n) is 6.07. The molecule has 2 aromatic rings. The zero-order valence-electron chi connectivity index (χ0n) is 14.1. The SMILES string of the molecule is CSc1ccc(C(=O)/C=C/c2ccc(N3CCCCC3)cc2)cc1. The van der Waals surface area contributed by atoms with Gasteiger partial charge in [-0.05, 0) is 73.6 Å². The third-order valence-electron chi connectivity index (χ3n) is 4.42. The summed E-state index contributed by atoms with van der Waals surface area (Å²) in [6, 6.07) is 16.2. The van der Waals surface area contributed by atoms with Crippen LogP contribution in [0.15, 0.2) is 59.5 Å². The van der Waals surface area contributed by atoms with Crippen molar-refractivity contribution in [2.24, 2.45) is 0 Å². The standard InChI is InChI=1S/C21H23NOS/c1-24-20-12-8-18(9-13-20)21(23)14-7-17-5-10-19(11-6-17)22-15-3-2-4-16-22/h5-14H,2-4,15-16H2,1H3/b14-7+. The minimum Gasteiger partial charge on any atom is -0.372 e. The summed E-state index contributed by atoms with van der Waals surface area (Å²) in [4.78, 5) is 15.8. The van der Waals surface area contributed by atoms with E-state index in [-0.39, 0.29) is 5.78 Å². The lowest BCUT2D eigenvalue weighted by molar-refractivity contribution is 0.104. The van der Waals surface area contributed by atoms with Gasteiger partial charge in [0.2, 0.25) is 0 Å². The lowest BCUT2D eigenvalue weighted by Crippen LogP contribution is -2.29. The fraction of sp³-hybridized carbons (Fsp3) is 0.286. The van der Waals surface area contributed by atoms with Crippen LogP contribution >= 0.6 is 11.8 Å². The predicted molar refractivity (Wildman–Crippen MR) is 104 cm³/mol. The van der Waals surface area contributed by atoms with Gasteiger partial charge in [0.25, 0.3) is 0 Å². The Kier molecular flexibility index (Phi) is 5.76. The van der Waals surface area contributed by atoms with E-state index in [0.717, 1.165) is 24.2 Å². The number of hydrogen-bond acceptors (Lipinski definition) is 3. The van der Waals surface area contributed by atoms with Gasteiger partial charge in [-0.25, -0.2) is 0 Å². The first-order valence-electron chi connectivity index (χ1n) is 8.48. The van der Waals surface area contributed by atoms with Gasteiger partial charge in [0, 0.05) is 29.2 Å². The lowest BCUT2D eigenvalue weighted by Gasteiger charge is -2.28. The molecule has 0 saturated carbocycles. The van der Waals surface area contributed by atoms with Gasteiger partial charge in [0.05, 0.1) is 0 Å². The minimum atomic E-state index is 0.0442. The van der Waals surface area contributed by atoms with Crippen LogP contribution in [0.3, 0.4) is 0 Å². The molecule has 124 valence electrons. The Balaban J connectivity index is 1.63. The van der Waals surface area contributed by atoms with Crippen molar-refractivity contribution in [1.82, 2.24) is 0 Å². The third-order valence-corrected chi connectivity index (χ3v) is 5.16. The van der Waals surface area contributed by atoms with Gasteiger partial charge in [0.1, 0.15) is 0 Å². The number of piperidine rings is 1. The van der Waals surface area contributed by atoms with Crippen LogP contribution in [-0.4, -0.2) is 25.1 Å². The smallest absolute Gasteiger partial charge is 0.185 e. The van der Waals surface area contributed by atoms with Crippen LogP contribution in [0.1, 0.15) is 35.2 Å². The largest absolute Gasteiger partial charge is 0.372 e. The van der Waals surface area contributed by atoms with Crippen molar-refractivity contribution in [3.63, 3.8) is 0 Å². The van der Waals surface area contributed by atoms with Gasteiger partial charge >= 0.3 is 0 Å². The number of hydrogen-bond donors (Lipinski definition) is 0. The van der Waals surface area contributed by atoms with Gasteiger partial charge in [-0.1, -0.05) is 18.2 Å². The molecule has 0 atom stereocenters. The van der Waals surface area contributed by atoms with Crippen molar-refractivity contribution in [2.75, 3.05) is 24.2 Å². The first-order valence-corrected chi connectivity index (χ1v) is 9.70. The van der Waals surface area contributed by atoms with E-state index < -0.39 is 0 Å². The van der Waals surface area contributed by atoms with Gasteiger partial charge < -0.3 is 4.90 Å². The molecule has 2 aromatic carbocycles.